The third kappa shape index (κ3) is 2.79. The molecule has 0 spiro atoms. The van der Waals surface area contributed by atoms with Gasteiger partial charge in [-0.2, -0.15) is 0 Å². The maximum Gasteiger partial charge on any atom is 0.125 e. The number of benzene rings is 2. The Balaban J connectivity index is 1.80. The van der Waals surface area contributed by atoms with Gasteiger partial charge in [-0.3, -0.25) is 0 Å². The molecular weight excluding hydrogens is 263 g/mol. The number of hydrogen-bond acceptors (Lipinski definition) is 2. The minimum absolute atomic E-state index is 0.0557. The standard InChI is InChI=1S/C18H21FN2/c1-12-3-6-16(13(2)9-12)17(20)11-21-8-7-14-4-5-15(19)10-18(14)21/h3-6,9-10,17H,7-8,11,20H2,1-2H3. The number of anilines is 1. The Morgan fingerprint density at radius 1 is 1.19 bits per heavy atom. The second kappa shape index (κ2) is 5.49. The van der Waals surface area contributed by atoms with Crippen molar-refractivity contribution in [2.24, 2.45) is 5.73 Å². The van der Waals surface area contributed by atoms with Crippen molar-refractivity contribution in [3.63, 3.8) is 0 Å². The number of rotatable bonds is 3. The topological polar surface area (TPSA) is 29.3 Å². The maximum absolute atomic E-state index is 13.4. The summed E-state index contributed by atoms with van der Waals surface area (Å²) < 4.78 is 13.4. The van der Waals surface area contributed by atoms with Gasteiger partial charge in [0.25, 0.3) is 0 Å². The Bertz CT molecular complexity index is 666. The van der Waals surface area contributed by atoms with Gasteiger partial charge in [-0.25, -0.2) is 4.39 Å². The Morgan fingerprint density at radius 2 is 2.00 bits per heavy atom. The number of hydrogen-bond donors (Lipinski definition) is 1. The lowest BCUT2D eigenvalue weighted by Gasteiger charge is -2.25. The van der Waals surface area contributed by atoms with E-state index in [1.807, 2.05) is 6.07 Å². The summed E-state index contributed by atoms with van der Waals surface area (Å²) in [6.07, 6.45) is 0.967. The van der Waals surface area contributed by atoms with Crippen LogP contribution in [0.2, 0.25) is 0 Å². The van der Waals surface area contributed by atoms with E-state index in [0.717, 1.165) is 25.2 Å². The second-order valence-corrected chi connectivity index (χ2v) is 5.94. The van der Waals surface area contributed by atoms with Crippen LogP contribution >= 0.6 is 0 Å². The number of nitrogens with zero attached hydrogens (tertiary/aromatic N) is 1. The average molecular weight is 284 g/mol. The van der Waals surface area contributed by atoms with E-state index < -0.39 is 0 Å². The van der Waals surface area contributed by atoms with Gasteiger partial charge in [-0.05, 0) is 49.1 Å². The zero-order valence-corrected chi connectivity index (χ0v) is 12.6. The van der Waals surface area contributed by atoms with Gasteiger partial charge in [0.15, 0.2) is 0 Å². The summed E-state index contributed by atoms with van der Waals surface area (Å²) in [6, 6.07) is 11.3. The summed E-state index contributed by atoms with van der Waals surface area (Å²) in [4.78, 5) is 2.20. The van der Waals surface area contributed by atoms with Crippen LogP contribution in [0.1, 0.15) is 28.3 Å². The molecule has 0 bridgehead atoms. The third-order valence-electron chi connectivity index (χ3n) is 4.28. The first-order chi connectivity index (χ1) is 10.0. The summed E-state index contributed by atoms with van der Waals surface area (Å²) in [5.74, 6) is -0.180. The molecule has 0 aliphatic carbocycles. The van der Waals surface area contributed by atoms with Crippen LogP contribution < -0.4 is 10.6 Å². The Labute approximate surface area is 125 Å². The molecule has 0 fully saturated rings. The number of halogens is 1. The highest BCUT2D eigenvalue weighted by Gasteiger charge is 2.22. The fourth-order valence-corrected chi connectivity index (χ4v) is 3.19. The number of nitrogens with two attached hydrogens (primary N) is 1. The molecule has 1 aliphatic heterocycles. The molecule has 110 valence electrons. The number of aryl methyl sites for hydroxylation is 2. The summed E-state index contributed by atoms with van der Waals surface area (Å²) in [7, 11) is 0. The van der Waals surface area contributed by atoms with E-state index in [0.29, 0.717) is 0 Å². The minimum Gasteiger partial charge on any atom is -0.369 e. The summed E-state index contributed by atoms with van der Waals surface area (Å²) in [5, 5.41) is 0. The van der Waals surface area contributed by atoms with Crippen molar-refractivity contribution in [2.75, 3.05) is 18.0 Å². The van der Waals surface area contributed by atoms with Crippen LogP contribution in [0.15, 0.2) is 36.4 Å². The van der Waals surface area contributed by atoms with Crippen LogP contribution in [0, 0.1) is 19.7 Å². The Morgan fingerprint density at radius 3 is 2.76 bits per heavy atom. The molecule has 1 aliphatic rings. The lowest BCUT2D eigenvalue weighted by atomic mass is 9.99. The van der Waals surface area contributed by atoms with Crippen molar-refractivity contribution < 1.29 is 4.39 Å². The van der Waals surface area contributed by atoms with E-state index in [1.165, 1.54) is 28.3 Å². The first kappa shape index (κ1) is 14.1. The second-order valence-electron chi connectivity index (χ2n) is 5.94. The van der Waals surface area contributed by atoms with Gasteiger partial charge in [0.2, 0.25) is 0 Å². The zero-order chi connectivity index (χ0) is 15.0. The van der Waals surface area contributed by atoms with Crippen molar-refractivity contribution in [1.82, 2.24) is 0 Å². The van der Waals surface area contributed by atoms with Crippen molar-refractivity contribution in [2.45, 2.75) is 26.3 Å². The molecule has 0 aromatic heterocycles. The molecular formula is C18H21FN2. The molecule has 2 N–H and O–H groups in total. The maximum atomic E-state index is 13.4. The predicted octanol–water partition coefficient (Wildman–Crippen LogP) is 3.51. The van der Waals surface area contributed by atoms with Gasteiger partial charge < -0.3 is 10.6 Å². The predicted molar refractivity (Wildman–Crippen MR) is 85.2 cm³/mol. The van der Waals surface area contributed by atoms with E-state index in [4.69, 9.17) is 5.73 Å². The summed E-state index contributed by atoms with van der Waals surface area (Å²) in [5.41, 5.74) is 12.2. The molecule has 0 radical (unpaired) electrons. The summed E-state index contributed by atoms with van der Waals surface area (Å²) in [6.45, 7) is 5.82. The monoisotopic (exact) mass is 284 g/mol. The van der Waals surface area contributed by atoms with Crippen LogP contribution in [-0.2, 0) is 6.42 Å². The van der Waals surface area contributed by atoms with Crippen molar-refractivity contribution in [3.8, 4) is 0 Å². The minimum atomic E-state index is -0.180. The molecule has 1 unspecified atom stereocenters. The van der Waals surface area contributed by atoms with Crippen LogP contribution in [0.5, 0.6) is 0 Å². The lowest BCUT2D eigenvalue weighted by Crippen LogP contribution is -2.31. The third-order valence-corrected chi connectivity index (χ3v) is 4.28. The first-order valence-corrected chi connectivity index (χ1v) is 7.40. The van der Waals surface area contributed by atoms with Crippen LogP contribution in [0.25, 0.3) is 0 Å². The molecule has 0 saturated heterocycles. The molecule has 3 heteroatoms. The fourth-order valence-electron chi connectivity index (χ4n) is 3.19. The molecule has 21 heavy (non-hydrogen) atoms. The average Bonchev–Trinajstić information content (AvgIpc) is 2.81. The molecule has 0 amide bonds. The van der Waals surface area contributed by atoms with Gasteiger partial charge in [-0.15, -0.1) is 0 Å². The smallest absolute Gasteiger partial charge is 0.125 e. The highest BCUT2D eigenvalue weighted by Crippen LogP contribution is 2.30. The van der Waals surface area contributed by atoms with E-state index in [2.05, 4.69) is 36.9 Å². The van der Waals surface area contributed by atoms with E-state index >= 15 is 0 Å². The fraction of sp³-hybridized carbons (Fsp3) is 0.333. The highest BCUT2D eigenvalue weighted by atomic mass is 19.1. The van der Waals surface area contributed by atoms with E-state index in [9.17, 15) is 4.39 Å². The molecule has 2 aromatic rings. The van der Waals surface area contributed by atoms with Crippen LogP contribution in [-0.4, -0.2) is 13.1 Å². The van der Waals surface area contributed by atoms with Gasteiger partial charge in [-0.1, -0.05) is 29.8 Å². The lowest BCUT2D eigenvalue weighted by molar-refractivity contribution is 0.625. The van der Waals surface area contributed by atoms with E-state index in [-0.39, 0.29) is 11.9 Å². The van der Waals surface area contributed by atoms with Gasteiger partial charge >= 0.3 is 0 Å². The molecule has 2 aromatic carbocycles. The van der Waals surface area contributed by atoms with Gasteiger partial charge in [0.1, 0.15) is 5.82 Å². The normalized spacial score (nSPS) is 15.1. The van der Waals surface area contributed by atoms with Gasteiger partial charge in [0, 0.05) is 24.8 Å². The van der Waals surface area contributed by atoms with E-state index in [1.54, 1.807) is 6.07 Å². The Hall–Kier alpha value is -1.87. The van der Waals surface area contributed by atoms with Crippen LogP contribution in [0.4, 0.5) is 10.1 Å². The molecule has 1 heterocycles. The van der Waals surface area contributed by atoms with Crippen molar-refractivity contribution in [1.29, 1.82) is 0 Å². The molecule has 0 saturated carbocycles. The largest absolute Gasteiger partial charge is 0.369 e. The highest BCUT2D eigenvalue weighted by molar-refractivity contribution is 5.58. The quantitative estimate of drug-likeness (QED) is 0.934. The zero-order valence-electron chi connectivity index (χ0n) is 12.6. The van der Waals surface area contributed by atoms with Crippen molar-refractivity contribution >= 4 is 5.69 Å². The van der Waals surface area contributed by atoms with Crippen molar-refractivity contribution in [3.05, 3.63) is 64.5 Å². The Kier molecular flexibility index (Phi) is 3.68. The number of fused-ring (bicyclic) bond motifs is 1. The van der Waals surface area contributed by atoms with Gasteiger partial charge in [0.05, 0.1) is 0 Å². The molecule has 3 rings (SSSR count). The van der Waals surface area contributed by atoms with Crippen LogP contribution in [0.3, 0.4) is 0 Å². The molecule has 1 atom stereocenters. The first-order valence-electron chi connectivity index (χ1n) is 7.40. The summed E-state index contributed by atoms with van der Waals surface area (Å²) >= 11 is 0. The molecule has 2 nitrogen and oxygen atoms in total. The SMILES string of the molecule is Cc1ccc(C(N)CN2CCc3ccc(F)cc32)c(C)c1.